The van der Waals surface area contributed by atoms with Gasteiger partial charge in [-0.2, -0.15) is 0 Å². The van der Waals surface area contributed by atoms with Gasteiger partial charge in [-0.15, -0.1) is 0 Å². The first-order valence-electron chi connectivity index (χ1n) is 17.7. The van der Waals surface area contributed by atoms with Crippen LogP contribution in [0.1, 0.15) is 51.1 Å². The van der Waals surface area contributed by atoms with Gasteiger partial charge in [0.1, 0.15) is 5.75 Å². The van der Waals surface area contributed by atoms with E-state index in [0.717, 1.165) is 28.0 Å². The molecule has 0 unspecified atom stereocenters. The molecule has 0 bridgehead atoms. The second kappa shape index (κ2) is 14.5. The van der Waals surface area contributed by atoms with Crippen LogP contribution in [0.3, 0.4) is 0 Å². The maximum atomic E-state index is 13.7. The zero-order valence-electron chi connectivity index (χ0n) is 30.2. The zero-order valence-corrected chi connectivity index (χ0v) is 30.2. The van der Waals surface area contributed by atoms with Crippen molar-refractivity contribution in [2.24, 2.45) is 9.98 Å². The van der Waals surface area contributed by atoms with E-state index in [0.29, 0.717) is 83.7 Å². The molecule has 0 aromatic heterocycles. The van der Waals surface area contributed by atoms with Crippen molar-refractivity contribution in [2.45, 2.75) is 31.3 Å². The quantitative estimate of drug-likeness (QED) is 0.128. The Balaban J connectivity index is 0.909. The van der Waals surface area contributed by atoms with Gasteiger partial charge in [-0.3, -0.25) is 19.6 Å². The molecule has 2 atom stereocenters. The van der Waals surface area contributed by atoms with Crippen LogP contribution < -0.4 is 29.4 Å². The van der Waals surface area contributed by atoms with Crippen LogP contribution in [0, 0.1) is 0 Å². The fourth-order valence-corrected chi connectivity index (χ4v) is 7.07. The van der Waals surface area contributed by atoms with Gasteiger partial charge in [0.05, 0.1) is 69.1 Å². The lowest BCUT2D eigenvalue weighted by Gasteiger charge is -2.19. The molecule has 0 saturated heterocycles. The Morgan fingerprint density at radius 2 is 1.09 bits per heavy atom. The molecular weight excluding hydrogens is 686 g/mol. The largest absolute Gasteiger partial charge is 0.497 e. The summed E-state index contributed by atoms with van der Waals surface area (Å²) in [4.78, 5) is 40.3. The number of methoxy groups -OCH3 is 3. The Bertz CT molecular complexity index is 2240. The molecule has 54 heavy (non-hydrogen) atoms. The number of hydrogen-bond donors (Lipinski definition) is 1. The van der Waals surface area contributed by atoms with Crippen LogP contribution in [0.15, 0.2) is 95.2 Å². The standard InChI is InChI=1S/C42H39N5O7/c1-50-32-11-7-26(8-12-32)28-16-31-22-45-36-20-40(38(52-3)18-34(36)42(49)47(31)24-28)54-14-4-13-53-39-19-35-33(17-37(39)51-2)41(48)46-23-27(15-30(46)21-44-35)25-5-9-29(43)10-6-25/h5-12,17-24,30-31H,4,13-16,43H2,1-3H3/t30-,31+/m1/s1. The Labute approximate surface area is 312 Å². The summed E-state index contributed by atoms with van der Waals surface area (Å²) in [5.74, 6) is 2.27. The highest BCUT2D eigenvalue weighted by atomic mass is 16.5. The van der Waals surface area contributed by atoms with E-state index < -0.39 is 0 Å². The van der Waals surface area contributed by atoms with Crippen LogP contribution in [0.4, 0.5) is 17.1 Å². The number of nitrogens with zero attached hydrogens (tertiary/aromatic N) is 4. The second-order valence-corrected chi connectivity index (χ2v) is 13.3. The molecule has 4 aliphatic rings. The van der Waals surface area contributed by atoms with Crippen molar-refractivity contribution in [3.8, 4) is 28.7 Å². The van der Waals surface area contributed by atoms with Crippen LogP contribution in [-0.2, 0) is 0 Å². The average Bonchev–Trinajstić information content (AvgIpc) is 3.78. The van der Waals surface area contributed by atoms with Gasteiger partial charge in [-0.1, -0.05) is 24.3 Å². The van der Waals surface area contributed by atoms with E-state index >= 15 is 0 Å². The Kier molecular flexibility index (Phi) is 9.24. The van der Waals surface area contributed by atoms with Gasteiger partial charge < -0.3 is 39.2 Å². The highest BCUT2D eigenvalue weighted by Gasteiger charge is 2.35. The molecule has 12 nitrogen and oxygen atoms in total. The predicted molar refractivity (Wildman–Crippen MR) is 207 cm³/mol. The van der Waals surface area contributed by atoms with Gasteiger partial charge in [-0.05, 0) is 58.7 Å². The molecule has 2 N–H and O–H groups in total. The SMILES string of the molecule is COc1ccc(C2=CN3C(=O)c4cc(OC)c(OCCCOc5cc6c(cc5OC)C(=O)N5C=C(c7ccc(N)cc7)C[C@@H]5C=N6)cc4N=C[C@@H]3C2)cc1. The number of nitrogen functional groups attached to an aromatic ring is 1. The zero-order chi connectivity index (χ0) is 37.3. The minimum Gasteiger partial charge on any atom is -0.497 e. The van der Waals surface area contributed by atoms with Gasteiger partial charge >= 0.3 is 0 Å². The third-order valence-electron chi connectivity index (χ3n) is 9.97. The van der Waals surface area contributed by atoms with Gasteiger partial charge in [0, 0.05) is 61.9 Å². The van der Waals surface area contributed by atoms with E-state index in [4.69, 9.17) is 34.4 Å². The molecule has 8 rings (SSSR count). The van der Waals surface area contributed by atoms with Crippen molar-refractivity contribution < 1.29 is 33.3 Å². The monoisotopic (exact) mass is 725 g/mol. The van der Waals surface area contributed by atoms with E-state index in [9.17, 15) is 9.59 Å². The highest BCUT2D eigenvalue weighted by Crippen LogP contribution is 2.42. The molecule has 274 valence electrons. The molecule has 0 saturated carbocycles. The number of nitrogens with two attached hydrogens (primary N) is 1. The average molecular weight is 726 g/mol. The Morgan fingerprint density at radius 3 is 1.54 bits per heavy atom. The van der Waals surface area contributed by atoms with E-state index in [1.807, 2.05) is 67.1 Å². The van der Waals surface area contributed by atoms with Crippen molar-refractivity contribution in [1.29, 1.82) is 0 Å². The number of amides is 2. The number of carbonyl (C=O) groups excluding carboxylic acids is 2. The molecule has 4 aromatic rings. The molecule has 0 aliphatic carbocycles. The molecule has 0 spiro atoms. The van der Waals surface area contributed by atoms with Crippen molar-refractivity contribution in [1.82, 2.24) is 9.80 Å². The first-order valence-corrected chi connectivity index (χ1v) is 17.7. The number of rotatable bonds is 11. The number of aliphatic imine (C=N–C) groups is 2. The van der Waals surface area contributed by atoms with E-state index in [1.54, 1.807) is 54.5 Å². The van der Waals surface area contributed by atoms with Crippen LogP contribution in [-0.4, -0.2) is 80.7 Å². The fourth-order valence-electron chi connectivity index (χ4n) is 7.07. The van der Waals surface area contributed by atoms with Crippen LogP contribution in [0.2, 0.25) is 0 Å². The summed E-state index contributed by atoms with van der Waals surface area (Å²) >= 11 is 0. The molecule has 4 heterocycles. The maximum Gasteiger partial charge on any atom is 0.260 e. The van der Waals surface area contributed by atoms with E-state index in [1.165, 1.54) is 7.11 Å². The summed E-state index contributed by atoms with van der Waals surface area (Å²) in [6.07, 6.45) is 9.22. The number of carbonyl (C=O) groups is 2. The number of anilines is 1. The third kappa shape index (κ3) is 6.51. The fraction of sp³-hybridized carbons (Fsp3) is 0.238. The smallest absolute Gasteiger partial charge is 0.260 e. The summed E-state index contributed by atoms with van der Waals surface area (Å²) < 4.78 is 28.8. The summed E-state index contributed by atoms with van der Waals surface area (Å²) in [5.41, 5.74) is 12.6. The van der Waals surface area contributed by atoms with Crippen LogP contribution >= 0.6 is 0 Å². The predicted octanol–water partition coefficient (Wildman–Crippen LogP) is 7.09. The van der Waals surface area contributed by atoms with E-state index in [2.05, 4.69) is 4.99 Å². The van der Waals surface area contributed by atoms with Gasteiger partial charge in [-0.25, -0.2) is 0 Å². The first kappa shape index (κ1) is 34.5. The molecule has 2 amide bonds. The van der Waals surface area contributed by atoms with Crippen molar-refractivity contribution in [3.05, 3.63) is 107 Å². The summed E-state index contributed by atoms with van der Waals surface area (Å²) in [6, 6.07) is 21.9. The maximum absolute atomic E-state index is 13.7. The van der Waals surface area contributed by atoms with Crippen LogP contribution in [0.5, 0.6) is 28.7 Å². The minimum atomic E-state index is -0.203. The van der Waals surface area contributed by atoms with Gasteiger partial charge in [0.2, 0.25) is 0 Å². The summed E-state index contributed by atoms with van der Waals surface area (Å²) in [6.45, 7) is 0.609. The molecule has 0 fully saturated rings. The Morgan fingerprint density at radius 1 is 0.630 bits per heavy atom. The first-order chi connectivity index (χ1) is 26.3. The van der Waals surface area contributed by atoms with Crippen LogP contribution in [0.25, 0.3) is 11.1 Å². The molecular formula is C42H39N5O7. The molecule has 4 aromatic carbocycles. The number of ether oxygens (including phenoxy) is 5. The molecule has 0 radical (unpaired) electrons. The molecule has 12 heteroatoms. The number of benzene rings is 4. The van der Waals surface area contributed by atoms with Crippen molar-refractivity contribution in [3.63, 3.8) is 0 Å². The third-order valence-corrected chi connectivity index (χ3v) is 9.97. The lowest BCUT2D eigenvalue weighted by atomic mass is 10.0. The lowest BCUT2D eigenvalue weighted by Crippen LogP contribution is -2.32. The minimum absolute atomic E-state index is 0.158. The number of hydrogen-bond acceptors (Lipinski definition) is 10. The van der Waals surface area contributed by atoms with E-state index in [-0.39, 0.29) is 23.9 Å². The van der Waals surface area contributed by atoms with Gasteiger partial charge in [0.15, 0.2) is 23.0 Å². The summed E-state index contributed by atoms with van der Waals surface area (Å²) in [5, 5.41) is 0. The topological polar surface area (TPSA) is 138 Å². The van der Waals surface area contributed by atoms with Crippen molar-refractivity contribution in [2.75, 3.05) is 40.3 Å². The number of fused-ring (bicyclic) bond motifs is 4. The van der Waals surface area contributed by atoms with Crippen molar-refractivity contribution >= 4 is 52.5 Å². The highest BCUT2D eigenvalue weighted by molar-refractivity contribution is 6.06. The second-order valence-electron chi connectivity index (χ2n) is 13.3. The normalized spacial score (nSPS) is 18.1. The summed E-state index contributed by atoms with van der Waals surface area (Å²) in [7, 11) is 4.72. The Hall–Kier alpha value is -6.56. The lowest BCUT2D eigenvalue weighted by molar-refractivity contribution is 0.0809. The van der Waals surface area contributed by atoms with Gasteiger partial charge in [0.25, 0.3) is 11.8 Å². The molecule has 4 aliphatic heterocycles.